The molecule has 176 valence electrons. The third-order valence-corrected chi connectivity index (χ3v) is 5.98. The molecule has 2 aliphatic heterocycles. The molecule has 8 nitrogen and oxygen atoms in total. The van der Waals surface area contributed by atoms with Gasteiger partial charge in [0, 0.05) is 77.8 Å². The number of ether oxygens (including phenoxy) is 1. The van der Waals surface area contributed by atoms with E-state index in [4.69, 9.17) is 4.74 Å². The van der Waals surface area contributed by atoms with Gasteiger partial charge in [-0.05, 0) is 24.3 Å². The molecule has 2 N–H and O–H groups in total. The second-order valence-electron chi connectivity index (χ2n) is 9.32. The fourth-order valence-electron chi connectivity index (χ4n) is 4.42. The lowest BCUT2D eigenvalue weighted by molar-refractivity contribution is -0.0835. The summed E-state index contributed by atoms with van der Waals surface area (Å²) < 4.78 is 6.10. The highest BCUT2D eigenvalue weighted by atomic mass is 127. The molecule has 2 aliphatic rings. The van der Waals surface area contributed by atoms with E-state index in [2.05, 4.69) is 56.2 Å². The summed E-state index contributed by atoms with van der Waals surface area (Å²) in [5.74, 6) is 2.23. The summed E-state index contributed by atoms with van der Waals surface area (Å²) in [7, 11) is 1.84. The normalized spacial score (nSPS) is 23.2. The summed E-state index contributed by atoms with van der Waals surface area (Å²) in [5.41, 5.74) is 0.163. The van der Waals surface area contributed by atoms with Gasteiger partial charge in [0.25, 0.3) is 0 Å². The van der Waals surface area contributed by atoms with Crippen LogP contribution in [0.3, 0.4) is 0 Å². The molecule has 9 heteroatoms. The van der Waals surface area contributed by atoms with Crippen LogP contribution in [0.4, 0.5) is 5.95 Å². The van der Waals surface area contributed by atoms with Crippen LogP contribution >= 0.6 is 24.0 Å². The van der Waals surface area contributed by atoms with Gasteiger partial charge in [0.2, 0.25) is 5.95 Å². The van der Waals surface area contributed by atoms with Gasteiger partial charge in [-0.1, -0.05) is 20.8 Å². The first-order valence-corrected chi connectivity index (χ1v) is 11.3. The maximum absolute atomic E-state index is 6.10. The SMILES string of the molecule is CN=C(NCCN1CCN(c2ncccn2)CC1)NCC1CCCOC1C(C)(C)C.I. The minimum absolute atomic E-state index is 0. The molecule has 2 unspecified atom stereocenters. The van der Waals surface area contributed by atoms with Gasteiger partial charge in [0.15, 0.2) is 5.96 Å². The van der Waals surface area contributed by atoms with Crippen LogP contribution in [0.15, 0.2) is 23.5 Å². The highest BCUT2D eigenvalue weighted by Gasteiger charge is 2.35. The second-order valence-corrected chi connectivity index (χ2v) is 9.32. The van der Waals surface area contributed by atoms with Gasteiger partial charge in [0.1, 0.15) is 0 Å². The van der Waals surface area contributed by atoms with Crippen molar-refractivity contribution in [1.29, 1.82) is 0 Å². The van der Waals surface area contributed by atoms with Gasteiger partial charge < -0.3 is 20.3 Å². The first-order valence-electron chi connectivity index (χ1n) is 11.3. The van der Waals surface area contributed by atoms with E-state index in [0.29, 0.717) is 12.0 Å². The highest BCUT2D eigenvalue weighted by Crippen LogP contribution is 2.33. The predicted octanol–water partition coefficient (Wildman–Crippen LogP) is 2.22. The Balaban J connectivity index is 0.00000341. The smallest absolute Gasteiger partial charge is 0.225 e. The quantitative estimate of drug-likeness (QED) is 0.323. The molecule has 3 rings (SSSR count). The molecule has 2 saturated heterocycles. The number of aromatic nitrogens is 2. The van der Waals surface area contributed by atoms with Crippen LogP contribution in [0, 0.1) is 11.3 Å². The first kappa shape index (κ1) is 26.1. The third kappa shape index (κ3) is 8.02. The summed E-state index contributed by atoms with van der Waals surface area (Å²) in [6.45, 7) is 14.5. The van der Waals surface area contributed by atoms with Crippen molar-refractivity contribution >= 4 is 35.9 Å². The summed E-state index contributed by atoms with van der Waals surface area (Å²) in [6.07, 6.45) is 6.26. The molecule has 0 aromatic carbocycles. The Labute approximate surface area is 204 Å². The van der Waals surface area contributed by atoms with Crippen molar-refractivity contribution in [3.05, 3.63) is 18.5 Å². The fraction of sp³-hybridized carbons (Fsp3) is 0.773. The molecule has 2 fully saturated rings. The molecule has 1 aromatic heterocycles. The lowest BCUT2D eigenvalue weighted by Crippen LogP contribution is -2.50. The molecule has 0 saturated carbocycles. The van der Waals surface area contributed by atoms with E-state index in [1.54, 1.807) is 12.4 Å². The van der Waals surface area contributed by atoms with Crippen LogP contribution in [0.2, 0.25) is 0 Å². The van der Waals surface area contributed by atoms with E-state index < -0.39 is 0 Å². The fourth-order valence-corrected chi connectivity index (χ4v) is 4.42. The summed E-state index contributed by atoms with van der Waals surface area (Å²) >= 11 is 0. The molecule has 0 aliphatic carbocycles. The van der Waals surface area contributed by atoms with E-state index in [1.165, 1.54) is 6.42 Å². The minimum Gasteiger partial charge on any atom is -0.377 e. The molecule has 0 amide bonds. The zero-order valence-corrected chi connectivity index (χ0v) is 21.8. The van der Waals surface area contributed by atoms with E-state index in [1.807, 2.05) is 13.1 Å². The van der Waals surface area contributed by atoms with Crippen molar-refractivity contribution < 1.29 is 4.74 Å². The Bertz CT molecular complexity index is 660. The Kier molecular flexibility index (Phi) is 10.7. The number of nitrogens with one attached hydrogen (secondary N) is 2. The van der Waals surface area contributed by atoms with Crippen LogP contribution < -0.4 is 15.5 Å². The minimum atomic E-state index is 0. The van der Waals surface area contributed by atoms with Crippen LogP contribution in [0.5, 0.6) is 0 Å². The van der Waals surface area contributed by atoms with Gasteiger partial charge >= 0.3 is 0 Å². The largest absolute Gasteiger partial charge is 0.377 e. The molecule has 2 atom stereocenters. The first-order chi connectivity index (χ1) is 14.5. The van der Waals surface area contributed by atoms with E-state index in [0.717, 1.165) is 70.7 Å². The molecule has 0 spiro atoms. The van der Waals surface area contributed by atoms with Crippen molar-refractivity contribution in [3.8, 4) is 0 Å². The highest BCUT2D eigenvalue weighted by molar-refractivity contribution is 14.0. The summed E-state index contributed by atoms with van der Waals surface area (Å²) in [4.78, 5) is 17.8. The number of rotatable bonds is 6. The van der Waals surface area contributed by atoms with Crippen molar-refractivity contribution in [2.45, 2.75) is 39.7 Å². The summed E-state index contributed by atoms with van der Waals surface area (Å²) in [6, 6.07) is 1.86. The van der Waals surface area contributed by atoms with Gasteiger partial charge in [-0.25, -0.2) is 9.97 Å². The molecule has 0 bridgehead atoms. The van der Waals surface area contributed by atoms with Crippen molar-refractivity contribution in [3.63, 3.8) is 0 Å². The average Bonchev–Trinajstić information content (AvgIpc) is 2.77. The molecule has 0 radical (unpaired) electrons. The number of anilines is 1. The van der Waals surface area contributed by atoms with Crippen molar-refractivity contribution in [2.75, 3.05) is 64.4 Å². The lowest BCUT2D eigenvalue weighted by atomic mass is 9.78. The van der Waals surface area contributed by atoms with Gasteiger partial charge in [-0.3, -0.25) is 9.89 Å². The van der Waals surface area contributed by atoms with Crippen LogP contribution in [0.25, 0.3) is 0 Å². The predicted molar refractivity (Wildman–Crippen MR) is 137 cm³/mol. The Hall–Kier alpha value is -1.20. The number of halogens is 1. The van der Waals surface area contributed by atoms with E-state index in [9.17, 15) is 0 Å². The molecule has 31 heavy (non-hydrogen) atoms. The monoisotopic (exact) mass is 545 g/mol. The van der Waals surface area contributed by atoms with Gasteiger partial charge in [-0.2, -0.15) is 0 Å². The lowest BCUT2D eigenvalue weighted by Gasteiger charge is -2.40. The Morgan fingerprint density at radius 1 is 1.16 bits per heavy atom. The maximum Gasteiger partial charge on any atom is 0.225 e. The van der Waals surface area contributed by atoms with Crippen molar-refractivity contribution in [2.24, 2.45) is 16.3 Å². The Morgan fingerprint density at radius 3 is 2.52 bits per heavy atom. The maximum atomic E-state index is 6.10. The molecule has 1 aromatic rings. The molecular formula is C22H40IN7O. The van der Waals surface area contributed by atoms with Crippen LogP contribution in [0.1, 0.15) is 33.6 Å². The topological polar surface area (TPSA) is 77.9 Å². The number of piperazine rings is 1. The standard InChI is InChI=1S/C22H39N7O.HI/c1-22(2,3)19-18(7-5-16-30-19)17-27-20(23-4)24-10-11-28-12-14-29(15-13-28)21-25-8-6-9-26-21;/h6,8-9,18-19H,5,7,10-17H2,1-4H3,(H2,23,24,27);1H. The van der Waals surface area contributed by atoms with E-state index >= 15 is 0 Å². The van der Waals surface area contributed by atoms with Gasteiger partial charge in [0.05, 0.1) is 6.10 Å². The molecule has 3 heterocycles. The summed E-state index contributed by atoms with van der Waals surface area (Å²) in [5, 5.41) is 6.99. The number of nitrogens with zero attached hydrogens (tertiary/aromatic N) is 5. The van der Waals surface area contributed by atoms with Crippen LogP contribution in [-0.2, 0) is 4.74 Å². The number of hydrogen-bond acceptors (Lipinski definition) is 6. The second kappa shape index (κ2) is 12.7. The van der Waals surface area contributed by atoms with E-state index in [-0.39, 0.29) is 29.4 Å². The van der Waals surface area contributed by atoms with Crippen LogP contribution in [-0.4, -0.2) is 86.4 Å². The molecular weight excluding hydrogens is 505 g/mol. The number of hydrogen-bond donors (Lipinski definition) is 2. The zero-order chi connectivity index (χ0) is 21.4. The Morgan fingerprint density at radius 2 is 1.87 bits per heavy atom. The number of guanidine groups is 1. The average molecular weight is 546 g/mol. The van der Waals surface area contributed by atoms with Gasteiger partial charge in [-0.15, -0.1) is 24.0 Å². The zero-order valence-electron chi connectivity index (χ0n) is 19.5. The third-order valence-electron chi connectivity index (χ3n) is 5.98. The number of aliphatic imine (C=N–C) groups is 1. The van der Waals surface area contributed by atoms with Crippen molar-refractivity contribution in [1.82, 2.24) is 25.5 Å².